The monoisotopic (exact) mass is 285 g/mol. The maximum absolute atomic E-state index is 13.3. The van der Waals surface area contributed by atoms with Gasteiger partial charge in [0.25, 0.3) is 0 Å². The summed E-state index contributed by atoms with van der Waals surface area (Å²) >= 11 is 0. The first-order chi connectivity index (χ1) is 10.0. The van der Waals surface area contributed by atoms with Crippen LogP contribution in [-0.2, 0) is 6.54 Å². The van der Waals surface area contributed by atoms with E-state index in [-0.39, 0.29) is 12.2 Å². The molecule has 0 unspecified atom stereocenters. The molecule has 1 N–H and O–H groups in total. The summed E-state index contributed by atoms with van der Waals surface area (Å²) in [5.41, 5.74) is 2.18. The van der Waals surface area contributed by atoms with E-state index in [0.717, 1.165) is 5.69 Å². The number of aryl methyl sites for hydroxylation is 1. The molecule has 0 bridgehead atoms. The van der Waals surface area contributed by atoms with Gasteiger partial charge in [0, 0.05) is 10.9 Å². The summed E-state index contributed by atoms with van der Waals surface area (Å²) in [5, 5.41) is 17.9. The van der Waals surface area contributed by atoms with E-state index in [4.69, 9.17) is 0 Å². The number of halogens is 1. The Morgan fingerprint density at radius 3 is 2.71 bits per heavy atom. The third-order valence-electron chi connectivity index (χ3n) is 3.26. The maximum atomic E-state index is 13.3. The highest BCUT2D eigenvalue weighted by Crippen LogP contribution is 2.22. The second kappa shape index (κ2) is 4.97. The largest absolute Gasteiger partial charge is 0.477 e. The molecule has 0 aliphatic carbocycles. The molecule has 0 spiro atoms. The molecule has 1 aromatic carbocycles. The number of rotatable bonds is 3. The van der Waals surface area contributed by atoms with E-state index < -0.39 is 11.8 Å². The summed E-state index contributed by atoms with van der Waals surface area (Å²) in [4.78, 5) is 11.4. The zero-order chi connectivity index (χ0) is 15.0. The van der Waals surface area contributed by atoms with Crippen LogP contribution < -0.4 is 0 Å². The third-order valence-corrected chi connectivity index (χ3v) is 3.26. The molecule has 0 amide bonds. The quantitative estimate of drug-likeness (QED) is 0.803. The van der Waals surface area contributed by atoms with Crippen molar-refractivity contribution in [3.05, 3.63) is 59.3 Å². The number of hydrogen-bond acceptors (Lipinski definition) is 3. The van der Waals surface area contributed by atoms with Crippen LogP contribution in [0.1, 0.15) is 21.9 Å². The highest BCUT2D eigenvalue weighted by atomic mass is 19.1. The van der Waals surface area contributed by atoms with Gasteiger partial charge >= 0.3 is 5.97 Å². The smallest absolute Gasteiger partial charge is 0.352 e. The number of aromatic carboxylic acids is 1. The van der Waals surface area contributed by atoms with Gasteiger partial charge in [0.1, 0.15) is 11.5 Å². The number of benzene rings is 1. The van der Waals surface area contributed by atoms with E-state index in [2.05, 4.69) is 10.2 Å². The fraction of sp³-hybridized carbons (Fsp3) is 0.133. The summed E-state index contributed by atoms with van der Waals surface area (Å²) in [6.07, 6.45) is 0. The molecule has 0 fully saturated rings. The predicted octanol–water partition coefficient (Wildman–Crippen LogP) is 2.63. The van der Waals surface area contributed by atoms with E-state index in [0.29, 0.717) is 16.6 Å². The van der Waals surface area contributed by atoms with Gasteiger partial charge in [-0.25, -0.2) is 9.18 Å². The molecule has 0 aliphatic rings. The van der Waals surface area contributed by atoms with Crippen molar-refractivity contribution in [2.24, 2.45) is 0 Å². The van der Waals surface area contributed by atoms with Crippen LogP contribution >= 0.6 is 0 Å². The fourth-order valence-corrected chi connectivity index (χ4v) is 2.26. The van der Waals surface area contributed by atoms with Gasteiger partial charge in [0.05, 0.1) is 17.9 Å². The standard InChI is InChI=1S/C15H12FN3O2/c1-9-2-4-12(18-17-9)8-19-13-5-3-11(16)6-10(13)7-14(19)15(20)21/h2-7H,8H2,1H3,(H,20,21). The molecule has 0 saturated heterocycles. The first kappa shape index (κ1) is 13.2. The molecule has 0 atom stereocenters. The number of aromatic nitrogens is 3. The Morgan fingerprint density at radius 1 is 1.24 bits per heavy atom. The Balaban J connectivity index is 2.13. The van der Waals surface area contributed by atoms with E-state index in [1.165, 1.54) is 18.2 Å². The SMILES string of the molecule is Cc1ccc(Cn2c(C(=O)O)cc3cc(F)ccc32)nn1. The average molecular weight is 285 g/mol. The van der Waals surface area contributed by atoms with Crippen molar-refractivity contribution in [3.8, 4) is 0 Å². The molecule has 3 aromatic rings. The van der Waals surface area contributed by atoms with Crippen LogP contribution in [-0.4, -0.2) is 25.8 Å². The molecule has 0 radical (unpaired) electrons. The van der Waals surface area contributed by atoms with Gasteiger partial charge in [0.15, 0.2) is 0 Å². The fourth-order valence-electron chi connectivity index (χ4n) is 2.26. The van der Waals surface area contributed by atoms with E-state index in [9.17, 15) is 14.3 Å². The van der Waals surface area contributed by atoms with Gasteiger partial charge in [-0.05, 0) is 43.3 Å². The summed E-state index contributed by atoms with van der Waals surface area (Å²) in [6, 6.07) is 9.27. The molecule has 5 nitrogen and oxygen atoms in total. The number of carbonyl (C=O) groups is 1. The van der Waals surface area contributed by atoms with Crippen LogP contribution in [0.3, 0.4) is 0 Å². The number of carboxylic acids is 1. The average Bonchev–Trinajstić information content (AvgIpc) is 2.79. The Hall–Kier alpha value is -2.76. The first-order valence-corrected chi connectivity index (χ1v) is 6.36. The molecule has 2 aromatic heterocycles. The first-order valence-electron chi connectivity index (χ1n) is 6.36. The second-order valence-corrected chi connectivity index (χ2v) is 4.79. The van der Waals surface area contributed by atoms with Crippen molar-refractivity contribution in [1.29, 1.82) is 0 Å². The van der Waals surface area contributed by atoms with Crippen molar-refractivity contribution >= 4 is 16.9 Å². The maximum Gasteiger partial charge on any atom is 0.352 e. The van der Waals surface area contributed by atoms with Crippen molar-refractivity contribution in [3.63, 3.8) is 0 Å². The highest BCUT2D eigenvalue weighted by molar-refractivity contribution is 5.94. The third kappa shape index (κ3) is 2.47. The molecule has 21 heavy (non-hydrogen) atoms. The number of carboxylic acid groups (broad SMARTS) is 1. The topological polar surface area (TPSA) is 68.0 Å². The minimum absolute atomic E-state index is 0.0953. The molecule has 6 heteroatoms. The van der Waals surface area contributed by atoms with Crippen molar-refractivity contribution in [2.45, 2.75) is 13.5 Å². The van der Waals surface area contributed by atoms with Gasteiger partial charge in [-0.1, -0.05) is 0 Å². The van der Waals surface area contributed by atoms with Gasteiger partial charge in [-0.15, -0.1) is 0 Å². The minimum atomic E-state index is -1.06. The highest BCUT2D eigenvalue weighted by Gasteiger charge is 2.15. The normalized spacial score (nSPS) is 11.0. The van der Waals surface area contributed by atoms with Crippen LogP contribution in [0.4, 0.5) is 4.39 Å². The van der Waals surface area contributed by atoms with Gasteiger partial charge in [-0.2, -0.15) is 10.2 Å². The molecule has 3 rings (SSSR count). The van der Waals surface area contributed by atoms with E-state index in [1.807, 2.05) is 13.0 Å². The van der Waals surface area contributed by atoms with Crippen LogP contribution in [0, 0.1) is 12.7 Å². The minimum Gasteiger partial charge on any atom is -0.477 e. The lowest BCUT2D eigenvalue weighted by Crippen LogP contribution is -2.10. The lowest BCUT2D eigenvalue weighted by molar-refractivity contribution is 0.0686. The zero-order valence-corrected chi connectivity index (χ0v) is 11.2. The molecular weight excluding hydrogens is 273 g/mol. The van der Waals surface area contributed by atoms with Gasteiger partial charge in [0.2, 0.25) is 0 Å². The summed E-state index contributed by atoms with van der Waals surface area (Å²) in [7, 11) is 0. The molecule has 2 heterocycles. The van der Waals surface area contributed by atoms with Crippen molar-refractivity contribution in [2.75, 3.05) is 0 Å². The van der Waals surface area contributed by atoms with Gasteiger partial charge in [-0.3, -0.25) is 0 Å². The predicted molar refractivity (Wildman–Crippen MR) is 74.7 cm³/mol. The number of hydrogen-bond donors (Lipinski definition) is 1. The Bertz CT molecular complexity index is 825. The lowest BCUT2D eigenvalue weighted by Gasteiger charge is -2.07. The number of nitrogens with zero attached hydrogens (tertiary/aromatic N) is 3. The molecule has 0 aliphatic heterocycles. The zero-order valence-electron chi connectivity index (χ0n) is 11.2. The molecule has 106 valence electrons. The molecular formula is C15H12FN3O2. The second-order valence-electron chi connectivity index (χ2n) is 4.79. The van der Waals surface area contributed by atoms with Crippen LogP contribution in [0.2, 0.25) is 0 Å². The summed E-state index contributed by atoms with van der Waals surface area (Å²) < 4.78 is 14.9. The Morgan fingerprint density at radius 2 is 2.05 bits per heavy atom. The van der Waals surface area contributed by atoms with Crippen molar-refractivity contribution in [1.82, 2.24) is 14.8 Å². The summed E-state index contributed by atoms with van der Waals surface area (Å²) in [5.74, 6) is -1.46. The lowest BCUT2D eigenvalue weighted by atomic mass is 10.2. The summed E-state index contributed by atoms with van der Waals surface area (Å²) in [6.45, 7) is 2.09. The Labute approximate surface area is 119 Å². The van der Waals surface area contributed by atoms with E-state index in [1.54, 1.807) is 16.7 Å². The number of fused-ring (bicyclic) bond motifs is 1. The molecule has 0 saturated carbocycles. The van der Waals surface area contributed by atoms with Crippen LogP contribution in [0.15, 0.2) is 36.4 Å². The Kier molecular flexibility index (Phi) is 3.13. The van der Waals surface area contributed by atoms with Crippen LogP contribution in [0.25, 0.3) is 10.9 Å². The van der Waals surface area contributed by atoms with Gasteiger partial charge < -0.3 is 9.67 Å². The van der Waals surface area contributed by atoms with Crippen LogP contribution in [0.5, 0.6) is 0 Å². The van der Waals surface area contributed by atoms with E-state index >= 15 is 0 Å². The van der Waals surface area contributed by atoms with Crippen molar-refractivity contribution < 1.29 is 14.3 Å².